The van der Waals surface area contributed by atoms with Crippen LogP contribution in [0.2, 0.25) is 0 Å². The zero-order valence-corrected chi connectivity index (χ0v) is 13.1. The Morgan fingerprint density at radius 1 is 1.25 bits per heavy atom. The smallest absolute Gasteiger partial charge is 0 e. The van der Waals surface area contributed by atoms with E-state index in [0.29, 0.717) is 10.8 Å². The van der Waals surface area contributed by atoms with Gasteiger partial charge in [-0.3, -0.25) is 0 Å². The molecule has 2 heteroatoms. The molecule has 0 nitrogen and oxygen atoms in total. The quantitative estimate of drug-likeness (QED) is 0.470. The molecule has 0 saturated heterocycles. The normalized spacial score (nSPS) is 41.8. The third kappa shape index (κ3) is 1.44. The molecule has 0 N–H and O–H groups in total. The van der Waals surface area contributed by atoms with Crippen molar-refractivity contribution in [3.8, 4) is 0 Å². The van der Waals surface area contributed by atoms with Crippen LogP contribution in [-0.4, -0.2) is 0 Å². The zero-order chi connectivity index (χ0) is 7.41. The summed E-state index contributed by atoms with van der Waals surface area (Å²) >= 11 is 0. The molecule has 0 radical (unpaired) electrons. The van der Waals surface area contributed by atoms with E-state index in [2.05, 4.69) is 27.2 Å². The summed E-state index contributed by atoms with van der Waals surface area (Å²) in [5.41, 5.74) is 1.19. The summed E-state index contributed by atoms with van der Waals surface area (Å²) in [7, 11) is 0. The standard InChI is InChI=1S/C10H17.BrH.Zn/c1-9(2)8-4-6-10(9,3)7-5-8;;/h6,8H,4-5,7H2,1-3H3;1H;/q-1;;. The topological polar surface area (TPSA) is 0 Å². The monoisotopic (exact) mass is 281 g/mol. The van der Waals surface area contributed by atoms with Crippen molar-refractivity contribution in [2.75, 3.05) is 0 Å². The summed E-state index contributed by atoms with van der Waals surface area (Å²) in [6.07, 6.45) is 6.84. The van der Waals surface area contributed by atoms with Gasteiger partial charge in [-0.1, -0.05) is 44.9 Å². The van der Waals surface area contributed by atoms with Crippen LogP contribution in [0.15, 0.2) is 0 Å². The number of hydrogen-bond donors (Lipinski definition) is 0. The minimum atomic E-state index is 0. The van der Waals surface area contributed by atoms with Crippen LogP contribution in [0.4, 0.5) is 0 Å². The van der Waals surface area contributed by atoms with Crippen molar-refractivity contribution in [1.82, 2.24) is 0 Å². The SMILES string of the molecule is Br.CC12[CH-]CC(CC1)C2(C)C.[Zn]. The first kappa shape index (κ1) is 13.1. The van der Waals surface area contributed by atoms with E-state index in [1.54, 1.807) is 0 Å². The van der Waals surface area contributed by atoms with E-state index in [4.69, 9.17) is 0 Å². The second kappa shape index (κ2) is 3.69. The van der Waals surface area contributed by atoms with Crippen molar-refractivity contribution in [1.29, 1.82) is 0 Å². The summed E-state index contributed by atoms with van der Waals surface area (Å²) in [5.74, 6) is 0.998. The van der Waals surface area contributed by atoms with Gasteiger partial charge in [0, 0.05) is 19.5 Å². The Morgan fingerprint density at radius 2 is 1.83 bits per heavy atom. The molecule has 2 unspecified atom stereocenters. The number of fused-ring (bicyclic) bond motifs is 2. The van der Waals surface area contributed by atoms with E-state index >= 15 is 0 Å². The van der Waals surface area contributed by atoms with E-state index in [9.17, 15) is 0 Å². The molecule has 2 aliphatic carbocycles. The summed E-state index contributed by atoms with van der Waals surface area (Å²) in [5, 5.41) is 0. The van der Waals surface area contributed by atoms with Gasteiger partial charge in [-0.15, -0.1) is 17.0 Å². The van der Waals surface area contributed by atoms with Crippen LogP contribution in [0.25, 0.3) is 0 Å². The molecule has 2 bridgehead atoms. The zero-order valence-electron chi connectivity index (χ0n) is 8.39. The summed E-state index contributed by atoms with van der Waals surface area (Å²) < 4.78 is 0. The van der Waals surface area contributed by atoms with Crippen LogP contribution in [0.3, 0.4) is 0 Å². The van der Waals surface area contributed by atoms with Gasteiger partial charge in [-0.2, -0.15) is 11.8 Å². The van der Waals surface area contributed by atoms with Gasteiger partial charge in [0.05, 0.1) is 0 Å². The number of rotatable bonds is 0. The summed E-state index contributed by atoms with van der Waals surface area (Å²) in [6, 6.07) is 0. The molecule has 0 aromatic rings. The molecule has 2 fully saturated rings. The largest absolute Gasteiger partial charge is 0.322 e. The van der Waals surface area contributed by atoms with E-state index in [-0.39, 0.29) is 36.5 Å². The third-order valence-electron chi connectivity index (χ3n) is 4.36. The summed E-state index contributed by atoms with van der Waals surface area (Å²) in [6.45, 7) is 7.31. The first-order chi connectivity index (χ1) is 4.56. The van der Waals surface area contributed by atoms with Crippen molar-refractivity contribution in [2.24, 2.45) is 16.7 Å². The fourth-order valence-corrected chi connectivity index (χ4v) is 2.80. The second-order valence-corrected chi connectivity index (χ2v) is 4.81. The Balaban J connectivity index is 0.000000605. The molecule has 0 aliphatic heterocycles. The fraction of sp³-hybridized carbons (Fsp3) is 0.900. The van der Waals surface area contributed by atoms with E-state index < -0.39 is 0 Å². The van der Waals surface area contributed by atoms with Crippen LogP contribution in [0.1, 0.15) is 40.0 Å². The first-order valence-corrected chi connectivity index (χ1v) is 4.41. The third-order valence-corrected chi connectivity index (χ3v) is 4.36. The van der Waals surface area contributed by atoms with Crippen LogP contribution < -0.4 is 0 Å². The molecule has 0 heterocycles. The van der Waals surface area contributed by atoms with Crippen LogP contribution in [-0.2, 0) is 19.5 Å². The van der Waals surface area contributed by atoms with Gasteiger partial charge in [0.15, 0.2) is 0 Å². The molecule has 0 aromatic heterocycles. The Hall–Kier alpha value is 1.10. The Kier molecular flexibility index (Phi) is 4.03. The maximum absolute atomic E-state index is 2.56. The maximum Gasteiger partial charge on any atom is 0 e. The minimum Gasteiger partial charge on any atom is -0.322 e. The minimum absolute atomic E-state index is 0. The van der Waals surface area contributed by atoms with Gasteiger partial charge in [0.2, 0.25) is 0 Å². The summed E-state index contributed by atoms with van der Waals surface area (Å²) in [4.78, 5) is 0. The molecule has 2 saturated carbocycles. The van der Waals surface area contributed by atoms with E-state index in [0.717, 1.165) is 5.92 Å². The molecular weight excluding hydrogens is 265 g/mol. The molecule has 2 aliphatic rings. The Bertz CT molecular complexity index is 154. The molecule has 0 aromatic carbocycles. The second-order valence-electron chi connectivity index (χ2n) is 4.81. The van der Waals surface area contributed by atoms with Crippen molar-refractivity contribution in [3.63, 3.8) is 0 Å². The van der Waals surface area contributed by atoms with Crippen molar-refractivity contribution >= 4 is 17.0 Å². The average molecular weight is 284 g/mol. The van der Waals surface area contributed by atoms with Gasteiger partial charge in [0.25, 0.3) is 0 Å². The molecule has 2 rings (SSSR count). The van der Waals surface area contributed by atoms with Crippen molar-refractivity contribution < 1.29 is 19.5 Å². The van der Waals surface area contributed by atoms with E-state index in [1.807, 2.05) is 0 Å². The molecule has 12 heavy (non-hydrogen) atoms. The Labute approximate surface area is 99.4 Å². The van der Waals surface area contributed by atoms with E-state index in [1.165, 1.54) is 19.3 Å². The maximum atomic E-state index is 2.56. The number of hydrogen-bond acceptors (Lipinski definition) is 0. The van der Waals surface area contributed by atoms with Gasteiger partial charge < -0.3 is 6.42 Å². The van der Waals surface area contributed by atoms with Crippen LogP contribution in [0.5, 0.6) is 0 Å². The van der Waals surface area contributed by atoms with Gasteiger partial charge in [-0.05, 0) is 0 Å². The number of halogens is 1. The molecular formula is C10H18BrZn-. The predicted molar refractivity (Wildman–Crippen MR) is 53.9 cm³/mol. The van der Waals surface area contributed by atoms with Crippen molar-refractivity contribution in [3.05, 3.63) is 6.42 Å². The average Bonchev–Trinajstić information content (AvgIpc) is 2.18. The van der Waals surface area contributed by atoms with Crippen LogP contribution in [0, 0.1) is 23.2 Å². The molecule has 68 valence electrons. The van der Waals surface area contributed by atoms with Crippen LogP contribution >= 0.6 is 17.0 Å². The molecule has 0 spiro atoms. The van der Waals surface area contributed by atoms with Gasteiger partial charge in [-0.25, -0.2) is 0 Å². The van der Waals surface area contributed by atoms with Gasteiger partial charge in [0.1, 0.15) is 0 Å². The van der Waals surface area contributed by atoms with Gasteiger partial charge >= 0.3 is 0 Å². The first-order valence-electron chi connectivity index (χ1n) is 4.41. The molecule has 0 amide bonds. The van der Waals surface area contributed by atoms with Crippen molar-refractivity contribution in [2.45, 2.75) is 40.0 Å². The Morgan fingerprint density at radius 3 is 1.92 bits per heavy atom. The predicted octanol–water partition coefficient (Wildman–Crippen LogP) is 3.61. The fourth-order valence-electron chi connectivity index (χ4n) is 2.80. The molecule has 2 atom stereocenters.